The molecule has 2 rings (SSSR count). The van der Waals surface area contributed by atoms with Crippen LogP contribution < -0.4 is 0 Å². The van der Waals surface area contributed by atoms with Crippen LogP contribution in [0.5, 0.6) is 0 Å². The largest absolute Gasteiger partial charge is 0.444 e. The first-order chi connectivity index (χ1) is 7.36. The summed E-state index contributed by atoms with van der Waals surface area (Å²) in [4.78, 5) is 13.5. The van der Waals surface area contributed by atoms with Crippen molar-refractivity contribution in [1.29, 1.82) is 0 Å². The zero-order chi connectivity index (χ0) is 12.0. The summed E-state index contributed by atoms with van der Waals surface area (Å²) in [6.07, 6.45) is 2.30. The van der Waals surface area contributed by atoms with E-state index in [1.807, 2.05) is 20.8 Å². The smallest absolute Gasteiger partial charge is 0.410 e. The first-order valence-corrected chi connectivity index (χ1v) is 5.53. The standard InChI is InChI=1S/C11H18N2O3/c1-10(2,3)16-9(14)13-5-8-4-11(8,7-13)6-12-15/h6,8,15H,4-5,7H2,1-3H3/b12-6+. The van der Waals surface area contributed by atoms with Gasteiger partial charge in [-0.15, -0.1) is 5.16 Å². The number of nitrogens with zero attached hydrogens (tertiary/aromatic N) is 2. The molecular weight excluding hydrogens is 208 g/mol. The second-order valence-electron chi connectivity index (χ2n) is 5.74. The van der Waals surface area contributed by atoms with Crippen molar-refractivity contribution in [2.75, 3.05) is 13.1 Å². The molecule has 1 aliphatic heterocycles. The van der Waals surface area contributed by atoms with Gasteiger partial charge in [-0.2, -0.15) is 0 Å². The van der Waals surface area contributed by atoms with Crippen LogP contribution in [0.4, 0.5) is 4.79 Å². The maximum Gasteiger partial charge on any atom is 0.410 e. The van der Waals surface area contributed by atoms with Gasteiger partial charge in [0.1, 0.15) is 5.60 Å². The van der Waals surface area contributed by atoms with E-state index in [-0.39, 0.29) is 11.5 Å². The van der Waals surface area contributed by atoms with Gasteiger partial charge < -0.3 is 14.8 Å². The summed E-state index contributed by atoms with van der Waals surface area (Å²) in [6.45, 7) is 6.88. The van der Waals surface area contributed by atoms with Gasteiger partial charge in [0.2, 0.25) is 0 Å². The minimum absolute atomic E-state index is 0.0777. The highest BCUT2D eigenvalue weighted by Crippen LogP contribution is 2.56. The van der Waals surface area contributed by atoms with E-state index in [1.54, 1.807) is 11.1 Å². The molecular formula is C11H18N2O3. The second-order valence-corrected chi connectivity index (χ2v) is 5.74. The molecule has 1 saturated heterocycles. The lowest BCUT2D eigenvalue weighted by Gasteiger charge is -2.25. The fourth-order valence-corrected chi connectivity index (χ4v) is 2.31. The van der Waals surface area contributed by atoms with Crippen LogP contribution in [0.25, 0.3) is 0 Å². The van der Waals surface area contributed by atoms with Crippen LogP contribution in [0.3, 0.4) is 0 Å². The first kappa shape index (κ1) is 11.2. The Kier molecular flexibility index (Phi) is 2.36. The van der Waals surface area contributed by atoms with Crippen molar-refractivity contribution in [3.63, 3.8) is 0 Å². The summed E-state index contributed by atoms with van der Waals surface area (Å²) >= 11 is 0. The number of likely N-dealkylation sites (tertiary alicyclic amines) is 1. The summed E-state index contributed by atoms with van der Waals surface area (Å²) < 4.78 is 5.29. The fraction of sp³-hybridized carbons (Fsp3) is 0.818. The summed E-state index contributed by atoms with van der Waals surface area (Å²) in [5.41, 5.74) is -0.534. The third kappa shape index (κ3) is 1.99. The van der Waals surface area contributed by atoms with Gasteiger partial charge in [-0.1, -0.05) is 0 Å². The molecule has 16 heavy (non-hydrogen) atoms. The van der Waals surface area contributed by atoms with Crippen LogP contribution in [-0.2, 0) is 4.74 Å². The number of hydrogen-bond acceptors (Lipinski definition) is 4. The highest BCUT2D eigenvalue weighted by atomic mass is 16.6. The van der Waals surface area contributed by atoms with E-state index in [0.29, 0.717) is 19.0 Å². The molecule has 90 valence electrons. The van der Waals surface area contributed by atoms with Gasteiger partial charge >= 0.3 is 6.09 Å². The van der Waals surface area contributed by atoms with Crippen molar-refractivity contribution >= 4 is 12.3 Å². The Morgan fingerprint density at radius 1 is 1.62 bits per heavy atom. The van der Waals surface area contributed by atoms with E-state index in [9.17, 15) is 4.79 Å². The molecule has 2 atom stereocenters. The molecule has 0 bridgehead atoms. The average molecular weight is 226 g/mol. The van der Waals surface area contributed by atoms with Crippen LogP contribution in [0.1, 0.15) is 27.2 Å². The number of ether oxygens (including phenoxy) is 1. The van der Waals surface area contributed by atoms with Gasteiger partial charge in [-0.25, -0.2) is 4.79 Å². The van der Waals surface area contributed by atoms with Gasteiger partial charge in [0, 0.05) is 18.5 Å². The van der Waals surface area contributed by atoms with E-state index in [4.69, 9.17) is 9.94 Å². The molecule has 0 spiro atoms. The maximum atomic E-state index is 11.8. The highest BCUT2D eigenvalue weighted by Gasteiger charge is 2.60. The number of amides is 1. The molecule has 0 aromatic heterocycles. The van der Waals surface area contributed by atoms with Crippen molar-refractivity contribution in [3.05, 3.63) is 0 Å². The molecule has 0 radical (unpaired) electrons. The quantitative estimate of drug-likeness (QED) is 0.420. The number of oxime groups is 1. The number of rotatable bonds is 1. The number of carbonyl (C=O) groups excluding carboxylic acids is 1. The SMILES string of the molecule is CC(C)(C)OC(=O)N1CC2CC2(/C=N/O)C1. The zero-order valence-corrected chi connectivity index (χ0v) is 9.93. The lowest BCUT2D eigenvalue weighted by Crippen LogP contribution is -2.37. The van der Waals surface area contributed by atoms with Crippen LogP contribution >= 0.6 is 0 Å². The first-order valence-electron chi connectivity index (χ1n) is 5.53. The average Bonchev–Trinajstić information content (AvgIpc) is 2.65. The Morgan fingerprint density at radius 2 is 2.31 bits per heavy atom. The van der Waals surface area contributed by atoms with Gasteiger partial charge in [-0.3, -0.25) is 0 Å². The molecule has 1 N–H and O–H groups in total. The van der Waals surface area contributed by atoms with E-state index in [2.05, 4.69) is 5.16 Å². The van der Waals surface area contributed by atoms with Crippen molar-refractivity contribution < 1.29 is 14.7 Å². The molecule has 0 aromatic carbocycles. The fourth-order valence-electron chi connectivity index (χ4n) is 2.31. The second kappa shape index (κ2) is 3.37. The molecule has 1 amide bonds. The van der Waals surface area contributed by atoms with E-state index < -0.39 is 5.60 Å². The molecule has 1 aliphatic carbocycles. The summed E-state index contributed by atoms with van der Waals surface area (Å²) in [6, 6.07) is 0. The summed E-state index contributed by atoms with van der Waals surface area (Å²) in [7, 11) is 0. The predicted octanol–water partition coefficient (Wildman–Crippen LogP) is 1.70. The summed E-state index contributed by atoms with van der Waals surface area (Å²) in [5.74, 6) is 0.441. The van der Waals surface area contributed by atoms with E-state index in [0.717, 1.165) is 6.42 Å². The molecule has 5 nitrogen and oxygen atoms in total. The molecule has 1 saturated carbocycles. The van der Waals surface area contributed by atoms with Crippen molar-refractivity contribution in [1.82, 2.24) is 4.90 Å². The molecule has 5 heteroatoms. The number of hydrogen-bond donors (Lipinski definition) is 1. The monoisotopic (exact) mass is 226 g/mol. The van der Waals surface area contributed by atoms with Gasteiger partial charge in [-0.05, 0) is 33.1 Å². The molecule has 2 unspecified atom stereocenters. The van der Waals surface area contributed by atoms with Gasteiger partial charge in [0.05, 0.1) is 6.21 Å². The Bertz CT molecular complexity index is 335. The molecule has 1 heterocycles. The van der Waals surface area contributed by atoms with Crippen molar-refractivity contribution in [2.45, 2.75) is 32.8 Å². The van der Waals surface area contributed by atoms with Crippen LogP contribution in [0.2, 0.25) is 0 Å². The minimum atomic E-state index is -0.456. The summed E-state index contributed by atoms with van der Waals surface area (Å²) in [5, 5.41) is 11.7. The Balaban J connectivity index is 1.93. The third-order valence-corrected chi connectivity index (χ3v) is 3.17. The van der Waals surface area contributed by atoms with Crippen LogP contribution in [-0.4, -0.2) is 41.1 Å². The molecule has 2 aliphatic rings. The Hall–Kier alpha value is -1.26. The van der Waals surface area contributed by atoms with Crippen LogP contribution in [0, 0.1) is 11.3 Å². The highest BCUT2D eigenvalue weighted by molar-refractivity contribution is 5.76. The number of fused-ring (bicyclic) bond motifs is 1. The predicted molar refractivity (Wildman–Crippen MR) is 58.6 cm³/mol. The van der Waals surface area contributed by atoms with Crippen LogP contribution in [0.15, 0.2) is 5.16 Å². The van der Waals surface area contributed by atoms with Crippen molar-refractivity contribution in [2.24, 2.45) is 16.5 Å². The molecule has 0 aromatic rings. The Morgan fingerprint density at radius 3 is 2.88 bits per heavy atom. The normalized spacial score (nSPS) is 32.9. The maximum absolute atomic E-state index is 11.8. The van der Waals surface area contributed by atoms with Gasteiger partial charge in [0.25, 0.3) is 0 Å². The van der Waals surface area contributed by atoms with Crippen molar-refractivity contribution in [3.8, 4) is 0 Å². The van der Waals surface area contributed by atoms with Gasteiger partial charge in [0.15, 0.2) is 0 Å². The zero-order valence-electron chi connectivity index (χ0n) is 9.93. The lowest BCUT2D eigenvalue weighted by atomic mass is 10.1. The van der Waals surface area contributed by atoms with E-state index >= 15 is 0 Å². The minimum Gasteiger partial charge on any atom is -0.444 e. The third-order valence-electron chi connectivity index (χ3n) is 3.17. The topological polar surface area (TPSA) is 62.1 Å². The molecule has 2 fully saturated rings. The van der Waals surface area contributed by atoms with E-state index in [1.165, 1.54) is 0 Å². The Labute approximate surface area is 95.1 Å². The number of piperidine rings is 1. The lowest BCUT2D eigenvalue weighted by molar-refractivity contribution is 0.0269. The number of carbonyl (C=O) groups is 1.